The number of carbonyl (C=O) groups is 4. The Morgan fingerprint density at radius 2 is 0.967 bits per heavy atom. The van der Waals surface area contributed by atoms with Crippen molar-refractivity contribution in [2.24, 2.45) is 47.3 Å². The van der Waals surface area contributed by atoms with Crippen molar-refractivity contribution < 1.29 is 19.2 Å². The molecule has 6 aliphatic rings. The van der Waals surface area contributed by atoms with E-state index in [4.69, 9.17) is 0 Å². The number of likely N-dealkylation sites (tertiary alicyclic amines) is 2. The van der Waals surface area contributed by atoms with Crippen molar-refractivity contribution in [3.63, 3.8) is 0 Å². The van der Waals surface area contributed by atoms with Gasteiger partial charge in [0.15, 0.2) is 0 Å². The Kier molecular flexibility index (Phi) is 4.45. The highest BCUT2D eigenvalue weighted by Gasteiger charge is 2.74. The number of hydrogen-bond acceptors (Lipinski definition) is 6. The summed E-state index contributed by atoms with van der Waals surface area (Å²) < 4.78 is 0. The van der Waals surface area contributed by atoms with Crippen LogP contribution in [0.1, 0.15) is 0 Å². The highest BCUT2D eigenvalue weighted by Crippen LogP contribution is 2.68. The molecule has 0 spiro atoms. The summed E-state index contributed by atoms with van der Waals surface area (Å²) >= 11 is 0. The van der Waals surface area contributed by atoms with E-state index < -0.39 is 0 Å². The van der Waals surface area contributed by atoms with Crippen LogP contribution in [0.2, 0.25) is 0 Å². The first kappa shape index (κ1) is 19.9. The van der Waals surface area contributed by atoms with E-state index in [0.717, 1.165) is 0 Å². The summed E-state index contributed by atoms with van der Waals surface area (Å²) in [5.41, 5.74) is 0. The molecule has 0 aromatic carbocycles. The lowest BCUT2D eigenvalue weighted by atomic mass is 9.40. The molecule has 0 N–H and O–H groups in total. The molecule has 4 fully saturated rings. The Bertz CT molecular complexity index is 796. The quantitative estimate of drug-likeness (QED) is 0.425. The van der Waals surface area contributed by atoms with Crippen LogP contribution in [0.25, 0.3) is 0 Å². The molecular weight excluding hydrogens is 384 g/mol. The third kappa shape index (κ3) is 2.46. The number of carbonyl (C=O) groups excluding carboxylic acids is 4. The number of nitrogens with zero attached hydrogens (tertiary/aromatic N) is 4. The van der Waals surface area contributed by atoms with Gasteiger partial charge in [-0.3, -0.25) is 29.0 Å². The second kappa shape index (κ2) is 6.72. The van der Waals surface area contributed by atoms with E-state index in [2.05, 4.69) is 12.2 Å². The van der Waals surface area contributed by atoms with Crippen LogP contribution in [0.15, 0.2) is 12.2 Å². The Labute approximate surface area is 176 Å². The van der Waals surface area contributed by atoms with Crippen LogP contribution in [-0.2, 0) is 19.2 Å². The zero-order valence-electron chi connectivity index (χ0n) is 18.0. The van der Waals surface area contributed by atoms with Crippen LogP contribution in [0.4, 0.5) is 0 Å². The number of allylic oxidation sites excluding steroid dienone is 2. The van der Waals surface area contributed by atoms with Gasteiger partial charge in [-0.2, -0.15) is 0 Å². The Morgan fingerprint density at radius 3 is 1.30 bits per heavy atom. The van der Waals surface area contributed by atoms with Gasteiger partial charge >= 0.3 is 0 Å². The number of fused-ring (bicyclic) bond motifs is 1. The monoisotopic (exact) mass is 414 g/mol. The predicted octanol–water partition coefficient (Wildman–Crippen LogP) is -0.626. The van der Waals surface area contributed by atoms with Crippen molar-refractivity contribution >= 4 is 23.6 Å². The molecule has 2 aliphatic heterocycles. The number of rotatable bonds is 6. The minimum atomic E-state index is -0.365. The maximum Gasteiger partial charge on any atom is 0.233 e. The molecule has 2 bridgehead atoms. The predicted molar refractivity (Wildman–Crippen MR) is 108 cm³/mol. The molecule has 2 saturated carbocycles. The molecule has 30 heavy (non-hydrogen) atoms. The van der Waals surface area contributed by atoms with Crippen molar-refractivity contribution in [2.75, 3.05) is 54.4 Å². The van der Waals surface area contributed by atoms with Crippen molar-refractivity contribution in [3.05, 3.63) is 12.2 Å². The minimum absolute atomic E-state index is 0.0117. The molecule has 0 unspecified atom stereocenters. The smallest absolute Gasteiger partial charge is 0.233 e. The molecule has 4 aliphatic carbocycles. The summed E-state index contributed by atoms with van der Waals surface area (Å²) in [5, 5.41) is 0. The molecule has 2 saturated heterocycles. The molecule has 2 heterocycles. The van der Waals surface area contributed by atoms with Crippen LogP contribution < -0.4 is 0 Å². The Hall–Kier alpha value is -2.06. The fraction of sp³-hybridized carbons (Fsp3) is 0.727. The first-order valence-corrected chi connectivity index (χ1v) is 10.9. The lowest BCUT2D eigenvalue weighted by molar-refractivity contribution is -0.166. The van der Waals surface area contributed by atoms with Crippen LogP contribution in [-0.4, -0.2) is 97.6 Å². The normalized spacial score (nSPS) is 41.1. The standard InChI is InChI=1S/C22H30N4O4/c1-23(2)7-9-25-19(27)15-11-5-6-12(16(15)20(25)28)14-13(11)17-18(14)22(30)26(21(17)29)10-8-24(3)4/h5-6,11-18H,7-10H2,1-4H3/t11-,12+,13+,14-,15+,16-,17+,18-. The van der Waals surface area contributed by atoms with Crippen molar-refractivity contribution in [1.29, 1.82) is 0 Å². The van der Waals surface area contributed by atoms with Crippen LogP contribution in [0.5, 0.6) is 0 Å². The van der Waals surface area contributed by atoms with Crippen LogP contribution in [0, 0.1) is 47.3 Å². The maximum atomic E-state index is 13.2. The van der Waals surface area contributed by atoms with Gasteiger partial charge in [0.25, 0.3) is 0 Å². The SMILES string of the molecule is CN(C)CCN1C(=O)[C@@H]2[C@H]3C=C[C@@H]([C@@H]2C1=O)[C@@H]1[C@@H]2C(=O)N(CCN(C)C)C(=O)[C@@H]2[C@H]31. The lowest BCUT2D eigenvalue weighted by Gasteiger charge is -2.60. The first-order valence-electron chi connectivity index (χ1n) is 10.9. The summed E-state index contributed by atoms with van der Waals surface area (Å²) in [7, 11) is 7.68. The number of hydrogen-bond donors (Lipinski definition) is 0. The summed E-state index contributed by atoms with van der Waals surface area (Å²) in [6.45, 7) is 2.08. The second-order valence-electron chi connectivity index (χ2n) is 10.1. The van der Waals surface area contributed by atoms with Crippen molar-refractivity contribution in [1.82, 2.24) is 19.6 Å². The average molecular weight is 415 g/mol. The Morgan fingerprint density at radius 1 is 0.633 bits per heavy atom. The summed E-state index contributed by atoms with van der Waals surface area (Å²) in [5.74, 6) is -1.90. The third-order valence-electron chi connectivity index (χ3n) is 8.07. The van der Waals surface area contributed by atoms with E-state index in [1.807, 2.05) is 38.0 Å². The molecular formula is C22H30N4O4. The van der Waals surface area contributed by atoms with Crippen LogP contribution >= 0.6 is 0 Å². The molecule has 4 amide bonds. The Balaban J connectivity index is 1.41. The van der Waals surface area contributed by atoms with E-state index in [0.29, 0.717) is 26.2 Å². The van der Waals surface area contributed by atoms with Gasteiger partial charge in [0.1, 0.15) is 0 Å². The van der Waals surface area contributed by atoms with E-state index in [1.165, 1.54) is 9.80 Å². The molecule has 0 aromatic rings. The van der Waals surface area contributed by atoms with Gasteiger partial charge in [-0.1, -0.05) is 12.2 Å². The first-order chi connectivity index (χ1) is 14.2. The molecule has 8 nitrogen and oxygen atoms in total. The number of imide groups is 2. The second-order valence-corrected chi connectivity index (χ2v) is 10.1. The largest absolute Gasteiger partial charge is 0.308 e. The highest BCUT2D eigenvalue weighted by atomic mass is 16.2. The maximum absolute atomic E-state index is 13.2. The molecule has 8 atom stereocenters. The van der Waals surface area contributed by atoms with Crippen LogP contribution in [0.3, 0.4) is 0 Å². The topological polar surface area (TPSA) is 81.2 Å². The number of likely N-dealkylation sites (N-methyl/N-ethyl adjacent to an activating group) is 2. The summed E-state index contributed by atoms with van der Waals surface area (Å²) in [6.07, 6.45) is 4.12. The van der Waals surface area contributed by atoms with E-state index in [-0.39, 0.29) is 71.0 Å². The van der Waals surface area contributed by atoms with Gasteiger partial charge in [0.2, 0.25) is 23.6 Å². The minimum Gasteiger partial charge on any atom is -0.308 e. The van der Waals surface area contributed by atoms with Crippen molar-refractivity contribution in [2.45, 2.75) is 0 Å². The highest BCUT2D eigenvalue weighted by molar-refractivity contribution is 6.09. The summed E-state index contributed by atoms with van der Waals surface area (Å²) in [6, 6.07) is 0. The molecule has 0 radical (unpaired) electrons. The van der Waals surface area contributed by atoms with E-state index >= 15 is 0 Å². The fourth-order valence-corrected chi connectivity index (χ4v) is 6.77. The zero-order valence-corrected chi connectivity index (χ0v) is 18.0. The van der Waals surface area contributed by atoms with Gasteiger partial charge in [-0.05, 0) is 51.9 Å². The van der Waals surface area contributed by atoms with Crippen molar-refractivity contribution in [3.8, 4) is 0 Å². The third-order valence-corrected chi connectivity index (χ3v) is 8.07. The molecule has 8 heteroatoms. The van der Waals surface area contributed by atoms with Gasteiger partial charge in [-0.15, -0.1) is 0 Å². The number of amides is 4. The van der Waals surface area contributed by atoms with Gasteiger partial charge in [0.05, 0.1) is 23.7 Å². The van der Waals surface area contributed by atoms with Gasteiger partial charge in [0, 0.05) is 26.2 Å². The molecule has 0 aromatic heterocycles. The molecule has 6 rings (SSSR count). The van der Waals surface area contributed by atoms with E-state index in [1.54, 1.807) is 0 Å². The van der Waals surface area contributed by atoms with E-state index in [9.17, 15) is 19.2 Å². The average Bonchev–Trinajstić information content (AvgIpc) is 3.03. The lowest BCUT2D eigenvalue weighted by Crippen LogP contribution is -2.63. The zero-order chi connectivity index (χ0) is 21.5. The molecule has 162 valence electrons. The summed E-state index contributed by atoms with van der Waals surface area (Å²) in [4.78, 5) is 59.4. The van der Waals surface area contributed by atoms with Gasteiger partial charge in [-0.25, -0.2) is 0 Å². The van der Waals surface area contributed by atoms with Gasteiger partial charge < -0.3 is 9.80 Å². The fourth-order valence-electron chi connectivity index (χ4n) is 6.77.